The molecule has 1 aromatic rings. The molecule has 0 aliphatic heterocycles. The molecular formula is C11H12N2O3. The van der Waals surface area contributed by atoms with Crippen LogP contribution in [0.25, 0.3) is 0 Å². The molecule has 0 heterocycles. The number of carbonyl (C=O) groups is 1. The first-order valence-electron chi connectivity index (χ1n) is 4.70. The highest BCUT2D eigenvalue weighted by Gasteiger charge is 2.12. The minimum absolute atomic E-state index is 0.284. The van der Waals surface area contributed by atoms with E-state index in [1.54, 1.807) is 0 Å². The summed E-state index contributed by atoms with van der Waals surface area (Å²) >= 11 is 0. The van der Waals surface area contributed by atoms with Crippen molar-refractivity contribution in [1.82, 2.24) is 5.32 Å². The van der Waals surface area contributed by atoms with Crippen molar-refractivity contribution < 1.29 is 9.90 Å². The molecule has 1 amide bonds. The number of rotatable bonds is 4. The van der Waals surface area contributed by atoms with Gasteiger partial charge in [0.25, 0.3) is 5.91 Å². The maximum absolute atomic E-state index is 11.4. The molecule has 0 fully saturated rings. The van der Waals surface area contributed by atoms with Crippen LogP contribution in [-0.4, -0.2) is 11.0 Å². The summed E-state index contributed by atoms with van der Waals surface area (Å²) in [7, 11) is 0. The van der Waals surface area contributed by atoms with Crippen molar-refractivity contribution in [2.75, 3.05) is 0 Å². The Morgan fingerprint density at radius 3 is 2.50 bits per heavy atom. The molecule has 0 radical (unpaired) electrons. The van der Waals surface area contributed by atoms with Crippen molar-refractivity contribution in [3.8, 4) is 0 Å². The number of benzene rings is 1. The fourth-order valence-electron chi connectivity index (χ4n) is 1.13. The monoisotopic (exact) mass is 220 g/mol. The fraction of sp³-hybridized carbons (Fsp3) is 0.182. The number of nitrogens with zero attached hydrogens (tertiary/aromatic N) is 1. The van der Waals surface area contributed by atoms with E-state index >= 15 is 0 Å². The zero-order valence-electron chi connectivity index (χ0n) is 8.80. The van der Waals surface area contributed by atoms with Gasteiger partial charge in [0, 0.05) is 6.54 Å². The summed E-state index contributed by atoms with van der Waals surface area (Å²) in [5.41, 5.74) is 0.410. The highest BCUT2D eigenvalue weighted by molar-refractivity contribution is 5.93. The average molecular weight is 220 g/mol. The van der Waals surface area contributed by atoms with Crippen molar-refractivity contribution >= 4 is 5.91 Å². The van der Waals surface area contributed by atoms with Gasteiger partial charge in [0.2, 0.25) is 5.70 Å². The maximum atomic E-state index is 11.4. The van der Waals surface area contributed by atoms with Crippen molar-refractivity contribution in [3.63, 3.8) is 0 Å². The van der Waals surface area contributed by atoms with E-state index < -0.39 is 11.6 Å². The summed E-state index contributed by atoms with van der Waals surface area (Å²) in [5.74, 6) is -1.07. The van der Waals surface area contributed by atoms with Gasteiger partial charge in [-0.3, -0.25) is 4.79 Å². The van der Waals surface area contributed by atoms with E-state index in [9.17, 15) is 9.70 Å². The van der Waals surface area contributed by atoms with Crippen LogP contribution in [0.15, 0.2) is 47.0 Å². The number of nitrogens with one attached hydrogen (secondary N) is 1. The fourth-order valence-corrected chi connectivity index (χ4v) is 1.13. The average Bonchev–Trinajstić information content (AvgIpc) is 2.28. The van der Waals surface area contributed by atoms with Crippen LogP contribution in [0.1, 0.15) is 12.5 Å². The van der Waals surface area contributed by atoms with Crippen molar-refractivity contribution in [1.29, 1.82) is 0 Å². The van der Waals surface area contributed by atoms with Gasteiger partial charge in [-0.2, -0.15) is 0 Å². The van der Waals surface area contributed by atoms with Crippen LogP contribution < -0.4 is 5.32 Å². The Hall–Kier alpha value is -2.17. The first kappa shape index (κ1) is 11.9. The van der Waals surface area contributed by atoms with Gasteiger partial charge in [-0.15, -0.1) is 4.91 Å². The van der Waals surface area contributed by atoms with Gasteiger partial charge in [0.15, 0.2) is 0 Å². The minimum Gasteiger partial charge on any atom is -0.510 e. The lowest BCUT2D eigenvalue weighted by molar-refractivity contribution is -0.117. The van der Waals surface area contributed by atoms with E-state index in [1.165, 1.54) is 6.92 Å². The van der Waals surface area contributed by atoms with Crippen molar-refractivity contribution in [2.45, 2.75) is 13.5 Å². The Balaban J connectivity index is 2.60. The SMILES string of the molecule is CC(O)=C(N=O)C(=O)NCc1ccccc1. The molecule has 1 aromatic carbocycles. The number of nitroso groups, excluding NO2 is 1. The highest BCUT2D eigenvalue weighted by atomic mass is 16.3. The first-order chi connectivity index (χ1) is 7.65. The minimum atomic E-state index is -0.682. The molecule has 0 saturated heterocycles. The largest absolute Gasteiger partial charge is 0.510 e. The van der Waals surface area contributed by atoms with Crippen LogP contribution in [0.4, 0.5) is 0 Å². The van der Waals surface area contributed by atoms with Gasteiger partial charge in [-0.1, -0.05) is 30.3 Å². The molecule has 0 spiro atoms. The summed E-state index contributed by atoms with van der Waals surface area (Å²) in [6.45, 7) is 1.52. The van der Waals surface area contributed by atoms with Crippen molar-refractivity contribution in [2.24, 2.45) is 5.18 Å². The second-order valence-electron chi connectivity index (χ2n) is 3.19. The predicted molar refractivity (Wildman–Crippen MR) is 59.4 cm³/mol. The van der Waals surface area contributed by atoms with E-state index in [0.717, 1.165) is 5.56 Å². The Kier molecular flexibility index (Phi) is 4.20. The van der Waals surface area contributed by atoms with Gasteiger partial charge < -0.3 is 10.4 Å². The van der Waals surface area contributed by atoms with Gasteiger partial charge in [-0.05, 0) is 17.7 Å². The summed E-state index contributed by atoms with van der Waals surface area (Å²) in [6.07, 6.45) is 0. The van der Waals surface area contributed by atoms with Gasteiger partial charge in [-0.25, -0.2) is 0 Å². The van der Waals surface area contributed by atoms with Crippen LogP contribution in [0.2, 0.25) is 0 Å². The van der Waals surface area contributed by atoms with Gasteiger partial charge in [0.1, 0.15) is 5.76 Å². The van der Waals surface area contributed by atoms with Crippen LogP contribution in [-0.2, 0) is 11.3 Å². The van der Waals surface area contributed by atoms with Gasteiger partial charge >= 0.3 is 0 Å². The van der Waals surface area contributed by atoms with E-state index in [-0.39, 0.29) is 12.3 Å². The molecule has 0 atom stereocenters. The molecule has 84 valence electrons. The molecule has 0 bridgehead atoms. The molecule has 1 rings (SSSR count). The summed E-state index contributed by atoms with van der Waals surface area (Å²) < 4.78 is 0. The Morgan fingerprint density at radius 2 is 2.00 bits per heavy atom. The summed E-state index contributed by atoms with van der Waals surface area (Å²) in [4.78, 5) is 21.6. The van der Waals surface area contributed by atoms with Crippen LogP contribution in [0.5, 0.6) is 0 Å². The van der Waals surface area contributed by atoms with E-state index in [2.05, 4.69) is 10.5 Å². The zero-order chi connectivity index (χ0) is 12.0. The number of amides is 1. The third kappa shape index (κ3) is 3.20. The molecule has 16 heavy (non-hydrogen) atoms. The molecule has 0 aliphatic rings. The van der Waals surface area contributed by atoms with Crippen LogP contribution >= 0.6 is 0 Å². The number of hydrogen-bond donors (Lipinski definition) is 2. The molecular weight excluding hydrogens is 208 g/mol. The Labute approximate surface area is 92.8 Å². The number of hydrogen-bond acceptors (Lipinski definition) is 4. The quantitative estimate of drug-likeness (QED) is 0.461. The number of allylic oxidation sites excluding steroid dienone is 1. The number of aliphatic hydroxyl groups excluding tert-OH is 1. The molecule has 0 unspecified atom stereocenters. The molecule has 5 nitrogen and oxygen atoms in total. The first-order valence-corrected chi connectivity index (χ1v) is 4.70. The molecule has 0 aromatic heterocycles. The van der Waals surface area contributed by atoms with E-state index in [1.807, 2.05) is 30.3 Å². The third-order valence-electron chi connectivity index (χ3n) is 1.94. The topological polar surface area (TPSA) is 78.8 Å². The zero-order valence-corrected chi connectivity index (χ0v) is 8.80. The predicted octanol–water partition coefficient (Wildman–Crippen LogP) is 1.86. The maximum Gasteiger partial charge on any atom is 0.277 e. The molecule has 2 N–H and O–H groups in total. The Bertz CT molecular complexity index is 408. The second kappa shape index (κ2) is 5.65. The normalized spacial score (nSPS) is 11.6. The van der Waals surface area contributed by atoms with Crippen LogP contribution in [0.3, 0.4) is 0 Å². The second-order valence-corrected chi connectivity index (χ2v) is 3.19. The molecule has 0 saturated carbocycles. The Morgan fingerprint density at radius 1 is 1.38 bits per heavy atom. The lowest BCUT2D eigenvalue weighted by atomic mass is 10.2. The third-order valence-corrected chi connectivity index (χ3v) is 1.94. The van der Waals surface area contributed by atoms with Crippen molar-refractivity contribution in [3.05, 3.63) is 52.3 Å². The summed E-state index contributed by atoms with van der Waals surface area (Å²) in [5, 5.41) is 14.0. The lowest BCUT2D eigenvalue weighted by Gasteiger charge is -2.04. The standard InChI is InChI=1S/C11H12N2O3/c1-8(14)10(13-16)11(15)12-7-9-5-3-2-4-6-9/h2-6,14H,7H2,1H3,(H,12,15). The lowest BCUT2D eigenvalue weighted by Crippen LogP contribution is -2.24. The molecule has 0 aliphatic carbocycles. The smallest absolute Gasteiger partial charge is 0.277 e. The number of aliphatic hydroxyl groups is 1. The van der Waals surface area contributed by atoms with E-state index in [4.69, 9.17) is 5.11 Å². The van der Waals surface area contributed by atoms with Gasteiger partial charge in [0.05, 0.1) is 0 Å². The van der Waals surface area contributed by atoms with Crippen LogP contribution in [0, 0.1) is 4.91 Å². The highest BCUT2D eigenvalue weighted by Crippen LogP contribution is 2.03. The van der Waals surface area contributed by atoms with E-state index in [0.29, 0.717) is 0 Å². The molecule has 5 heteroatoms. The summed E-state index contributed by atoms with van der Waals surface area (Å²) in [6, 6.07) is 9.22. The number of carbonyl (C=O) groups excluding carboxylic acids is 1.